The number of thiazole rings is 1. The predicted octanol–water partition coefficient (Wildman–Crippen LogP) is 2.10. The number of methoxy groups -OCH3 is 1. The van der Waals surface area contributed by atoms with Crippen molar-refractivity contribution in [3.63, 3.8) is 0 Å². The molecule has 0 spiro atoms. The van der Waals surface area contributed by atoms with Crippen molar-refractivity contribution in [1.82, 2.24) is 4.98 Å². The van der Waals surface area contributed by atoms with Crippen LogP contribution >= 0.6 is 11.3 Å². The van der Waals surface area contributed by atoms with Gasteiger partial charge in [0.05, 0.1) is 12.1 Å². The highest BCUT2D eigenvalue weighted by Gasteiger charge is 2.16. The molecule has 0 unspecified atom stereocenters. The first-order chi connectivity index (χ1) is 7.04. The molecule has 0 aliphatic rings. The highest BCUT2D eigenvalue weighted by Crippen LogP contribution is 2.23. The molecule has 0 saturated heterocycles. The van der Waals surface area contributed by atoms with Crippen LogP contribution in [0.1, 0.15) is 35.8 Å². The van der Waals surface area contributed by atoms with Crippen molar-refractivity contribution in [2.75, 3.05) is 12.8 Å². The lowest BCUT2D eigenvalue weighted by Crippen LogP contribution is -2.04. The first kappa shape index (κ1) is 12.0. The zero-order valence-electron chi connectivity index (χ0n) is 9.24. The lowest BCUT2D eigenvalue weighted by Gasteiger charge is -1.99. The van der Waals surface area contributed by atoms with E-state index in [4.69, 9.17) is 5.73 Å². The van der Waals surface area contributed by atoms with Gasteiger partial charge in [0, 0.05) is 0 Å². The lowest BCUT2D eigenvalue weighted by molar-refractivity contribution is 0.0596. The third-order valence-corrected chi connectivity index (χ3v) is 2.96. The van der Waals surface area contributed by atoms with Gasteiger partial charge >= 0.3 is 5.97 Å². The molecule has 0 bridgehead atoms. The summed E-state index contributed by atoms with van der Waals surface area (Å²) in [5.74, 6) is 0.163. The number of aryl methyl sites for hydroxylation is 1. The Bertz CT molecular complexity index is 347. The first-order valence-electron chi connectivity index (χ1n) is 4.88. The fourth-order valence-corrected chi connectivity index (χ4v) is 1.98. The second-order valence-corrected chi connectivity index (χ2v) is 4.86. The van der Waals surface area contributed by atoms with Crippen LogP contribution in [0.4, 0.5) is 5.00 Å². The van der Waals surface area contributed by atoms with Crippen LogP contribution in [0.25, 0.3) is 0 Å². The molecular weight excluding hydrogens is 212 g/mol. The topological polar surface area (TPSA) is 65.2 Å². The zero-order valence-corrected chi connectivity index (χ0v) is 10.1. The Morgan fingerprint density at radius 2 is 2.27 bits per heavy atom. The van der Waals surface area contributed by atoms with Crippen LogP contribution in [-0.4, -0.2) is 18.1 Å². The zero-order chi connectivity index (χ0) is 11.4. The molecule has 0 fully saturated rings. The monoisotopic (exact) mass is 228 g/mol. The number of nitrogens with zero attached hydrogens (tertiary/aromatic N) is 1. The first-order valence-corrected chi connectivity index (χ1v) is 5.69. The van der Waals surface area contributed by atoms with Gasteiger partial charge in [0.15, 0.2) is 5.69 Å². The highest BCUT2D eigenvalue weighted by molar-refractivity contribution is 7.15. The summed E-state index contributed by atoms with van der Waals surface area (Å²) in [7, 11) is 1.33. The van der Waals surface area contributed by atoms with Crippen LogP contribution in [0.3, 0.4) is 0 Å². The van der Waals surface area contributed by atoms with Gasteiger partial charge in [0.25, 0.3) is 0 Å². The fourth-order valence-electron chi connectivity index (χ4n) is 1.14. The number of carbonyl (C=O) groups is 1. The van der Waals surface area contributed by atoms with Gasteiger partial charge in [-0.15, -0.1) is 11.3 Å². The number of nitrogen functional groups attached to an aromatic ring is 1. The maximum Gasteiger partial charge on any atom is 0.359 e. The number of carbonyl (C=O) groups excluding carboxylic acids is 1. The van der Waals surface area contributed by atoms with E-state index < -0.39 is 5.97 Å². The summed E-state index contributed by atoms with van der Waals surface area (Å²) in [5.41, 5.74) is 5.93. The van der Waals surface area contributed by atoms with Gasteiger partial charge in [-0.25, -0.2) is 9.78 Å². The van der Waals surface area contributed by atoms with Gasteiger partial charge < -0.3 is 10.5 Å². The Kier molecular flexibility index (Phi) is 4.08. The quantitative estimate of drug-likeness (QED) is 0.801. The molecule has 0 aromatic carbocycles. The van der Waals surface area contributed by atoms with E-state index in [-0.39, 0.29) is 5.69 Å². The molecular formula is C10H16N2O2S. The Morgan fingerprint density at radius 3 is 2.80 bits per heavy atom. The smallest absolute Gasteiger partial charge is 0.359 e. The van der Waals surface area contributed by atoms with Crippen molar-refractivity contribution in [1.29, 1.82) is 0 Å². The molecule has 5 heteroatoms. The van der Waals surface area contributed by atoms with Crippen molar-refractivity contribution in [2.24, 2.45) is 5.92 Å². The maximum absolute atomic E-state index is 11.2. The minimum atomic E-state index is -0.459. The largest absolute Gasteiger partial charge is 0.464 e. The number of aromatic nitrogens is 1. The van der Waals surface area contributed by atoms with Crippen LogP contribution in [0.2, 0.25) is 0 Å². The molecule has 0 radical (unpaired) electrons. The number of ether oxygens (including phenoxy) is 1. The standard InChI is InChI=1S/C10H16N2O2S/c1-6(2)4-5-7-12-8(9(11)15-7)10(13)14-3/h6H,4-5,11H2,1-3H3. The summed E-state index contributed by atoms with van der Waals surface area (Å²) in [4.78, 5) is 15.4. The van der Waals surface area contributed by atoms with Gasteiger partial charge in [-0.2, -0.15) is 0 Å². The van der Waals surface area contributed by atoms with E-state index in [1.807, 2.05) is 0 Å². The number of hydrogen-bond donors (Lipinski definition) is 1. The Labute approximate surface area is 93.5 Å². The van der Waals surface area contributed by atoms with Crippen LogP contribution < -0.4 is 5.73 Å². The second-order valence-electron chi connectivity index (χ2n) is 3.74. The van der Waals surface area contributed by atoms with Gasteiger partial charge in [-0.3, -0.25) is 0 Å². The average molecular weight is 228 g/mol. The van der Waals surface area contributed by atoms with E-state index in [2.05, 4.69) is 23.6 Å². The van der Waals surface area contributed by atoms with E-state index in [9.17, 15) is 4.79 Å². The van der Waals surface area contributed by atoms with Crippen LogP contribution in [0, 0.1) is 5.92 Å². The van der Waals surface area contributed by atoms with E-state index in [0.29, 0.717) is 10.9 Å². The number of hydrogen-bond acceptors (Lipinski definition) is 5. The number of nitrogens with two attached hydrogens (primary N) is 1. The molecule has 2 N–H and O–H groups in total. The molecule has 15 heavy (non-hydrogen) atoms. The Balaban J connectivity index is 2.72. The molecule has 0 amide bonds. The summed E-state index contributed by atoms with van der Waals surface area (Å²) in [5, 5.41) is 1.35. The summed E-state index contributed by atoms with van der Waals surface area (Å²) in [6.07, 6.45) is 1.91. The third-order valence-electron chi connectivity index (χ3n) is 2.01. The van der Waals surface area contributed by atoms with E-state index >= 15 is 0 Å². The Hall–Kier alpha value is -1.10. The number of rotatable bonds is 4. The van der Waals surface area contributed by atoms with Gasteiger partial charge in [-0.05, 0) is 18.8 Å². The van der Waals surface area contributed by atoms with Crippen LogP contribution in [0.5, 0.6) is 0 Å². The predicted molar refractivity (Wildman–Crippen MR) is 61.0 cm³/mol. The molecule has 84 valence electrons. The molecule has 4 nitrogen and oxygen atoms in total. The molecule has 0 aliphatic carbocycles. The van der Waals surface area contributed by atoms with Crippen LogP contribution in [-0.2, 0) is 11.2 Å². The molecule has 1 heterocycles. The van der Waals surface area contributed by atoms with Crippen molar-refractivity contribution in [2.45, 2.75) is 26.7 Å². The lowest BCUT2D eigenvalue weighted by atomic mass is 10.1. The van der Waals surface area contributed by atoms with Crippen molar-refractivity contribution in [3.05, 3.63) is 10.7 Å². The van der Waals surface area contributed by atoms with E-state index in [0.717, 1.165) is 17.8 Å². The van der Waals surface area contributed by atoms with Crippen LogP contribution in [0.15, 0.2) is 0 Å². The molecule has 1 aromatic heterocycles. The molecule has 1 rings (SSSR count). The summed E-state index contributed by atoms with van der Waals surface area (Å²) < 4.78 is 4.58. The molecule has 0 aliphatic heterocycles. The van der Waals surface area contributed by atoms with Crippen molar-refractivity contribution >= 4 is 22.3 Å². The van der Waals surface area contributed by atoms with Gasteiger partial charge in [0.2, 0.25) is 0 Å². The number of esters is 1. The molecule has 1 aromatic rings. The van der Waals surface area contributed by atoms with Gasteiger partial charge in [0.1, 0.15) is 5.00 Å². The average Bonchev–Trinajstić information content (AvgIpc) is 2.55. The SMILES string of the molecule is COC(=O)c1nc(CCC(C)C)sc1N. The summed E-state index contributed by atoms with van der Waals surface area (Å²) >= 11 is 1.37. The fraction of sp³-hybridized carbons (Fsp3) is 0.600. The molecule has 0 saturated carbocycles. The summed E-state index contributed by atoms with van der Waals surface area (Å²) in [6.45, 7) is 4.30. The number of anilines is 1. The Morgan fingerprint density at radius 1 is 1.60 bits per heavy atom. The third kappa shape index (κ3) is 3.20. The maximum atomic E-state index is 11.2. The minimum Gasteiger partial charge on any atom is -0.464 e. The van der Waals surface area contributed by atoms with Crippen molar-refractivity contribution in [3.8, 4) is 0 Å². The summed E-state index contributed by atoms with van der Waals surface area (Å²) in [6, 6.07) is 0. The molecule has 0 atom stereocenters. The van der Waals surface area contributed by atoms with Gasteiger partial charge in [-0.1, -0.05) is 13.8 Å². The minimum absolute atomic E-state index is 0.251. The van der Waals surface area contributed by atoms with Crippen molar-refractivity contribution < 1.29 is 9.53 Å². The van der Waals surface area contributed by atoms with E-state index in [1.165, 1.54) is 18.4 Å². The van der Waals surface area contributed by atoms with E-state index in [1.54, 1.807) is 0 Å². The normalized spacial score (nSPS) is 10.7. The highest BCUT2D eigenvalue weighted by atomic mass is 32.1. The second kappa shape index (κ2) is 5.11.